The molecule has 0 bridgehead atoms. The number of para-hydroxylation sites is 1. The van der Waals surface area contributed by atoms with Crippen LogP contribution in [0, 0.1) is 23.7 Å². The van der Waals surface area contributed by atoms with Crippen LogP contribution in [0.5, 0.6) is 0 Å². The second kappa shape index (κ2) is 28.5. The van der Waals surface area contributed by atoms with E-state index in [1.54, 1.807) is 26.0 Å². The average molecular weight is 327 g/mol. The van der Waals surface area contributed by atoms with Gasteiger partial charge in [-0.05, 0) is 32.9 Å². The third-order valence-corrected chi connectivity index (χ3v) is 1.93. The Bertz CT molecular complexity index is 483. The Morgan fingerprint density at radius 2 is 1.50 bits per heavy atom. The molecule has 2 heteroatoms. The highest BCUT2D eigenvalue weighted by molar-refractivity contribution is 5.43. The molecule has 1 aromatic carbocycles. The summed E-state index contributed by atoms with van der Waals surface area (Å²) in [5, 5.41) is 8.14. The normalized spacial score (nSPS) is 7.46. The summed E-state index contributed by atoms with van der Waals surface area (Å²) in [5.74, 6) is 2.25. The lowest BCUT2D eigenvalue weighted by atomic mass is 10.3. The molecule has 0 heterocycles. The summed E-state index contributed by atoms with van der Waals surface area (Å²) in [4.78, 5) is 2.08. The van der Waals surface area contributed by atoms with Gasteiger partial charge in [0.15, 0.2) is 0 Å². The molecule has 24 heavy (non-hydrogen) atoms. The molecule has 0 spiro atoms. The van der Waals surface area contributed by atoms with Crippen molar-refractivity contribution in [3.63, 3.8) is 0 Å². The number of nitriles is 1. The first-order valence-corrected chi connectivity index (χ1v) is 7.84. The zero-order valence-corrected chi connectivity index (χ0v) is 16.5. The van der Waals surface area contributed by atoms with Gasteiger partial charge in [0.2, 0.25) is 0 Å². The Morgan fingerprint density at radius 3 is 1.62 bits per heavy atom. The van der Waals surface area contributed by atoms with Crippen LogP contribution < -0.4 is 4.90 Å². The van der Waals surface area contributed by atoms with Crippen molar-refractivity contribution in [2.45, 2.75) is 34.6 Å². The van der Waals surface area contributed by atoms with E-state index in [1.807, 2.05) is 59.1 Å². The van der Waals surface area contributed by atoms with E-state index in [1.165, 1.54) is 11.8 Å². The summed E-state index contributed by atoms with van der Waals surface area (Å²) in [6, 6.07) is 12.2. The van der Waals surface area contributed by atoms with Gasteiger partial charge in [-0.2, -0.15) is 5.26 Å². The summed E-state index contributed by atoms with van der Waals surface area (Å²) < 4.78 is 0. The fourth-order valence-corrected chi connectivity index (χ4v) is 0.954. The molecule has 0 fully saturated rings. The molecule has 0 aliphatic heterocycles. The number of hydrogen-bond acceptors (Lipinski definition) is 2. The average Bonchev–Trinajstić information content (AvgIpc) is 2.61. The lowest BCUT2D eigenvalue weighted by Gasteiger charge is -2.10. The molecule has 0 amide bonds. The van der Waals surface area contributed by atoms with E-state index in [0.29, 0.717) is 5.57 Å². The molecule has 0 saturated heterocycles. The molecular weight excluding hydrogens is 292 g/mol. The maximum Gasteiger partial charge on any atom is 0.0987 e. The minimum atomic E-state index is 0.625. The van der Waals surface area contributed by atoms with Crippen molar-refractivity contribution >= 4 is 5.69 Å². The summed E-state index contributed by atoms with van der Waals surface area (Å²) in [7, 11) is 4.07. The number of nitrogens with zero attached hydrogens (tertiary/aromatic N) is 2. The molecule has 0 aromatic heterocycles. The molecule has 0 atom stereocenters. The van der Waals surface area contributed by atoms with Crippen LogP contribution in [0.3, 0.4) is 0 Å². The molecular formula is C22H34N2. The Kier molecular flexibility index (Phi) is 34.8. The van der Waals surface area contributed by atoms with Gasteiger partial charge < -0.3 is 4.90 Å². The number of anilines is 1. The van der Waals surface area contributed by atoms with Crippen LogP contribution >= 0.6 is 0 Å². The monoisotopic (exact) mass is 326 g/mol. The minimum absolute atomic E-state index is 0.625. The third-order valence-electron chi connectivity index (χ3n) is 1.93. The highest BCUT2D eigenvalue weighted by Crippen LogP contribution is 2.07. The molecule has 2 nitrogen and oxygen atoms in total. The summed E-state index contributed by atoms with van der Waals surface area (Å²) >= 11 is 0. The third kappa shape index (κ3) is 27.6. The second-order valence-electron chi connectivity index (χ2n) is 3.99. The number of terminal acetylenes is 1. The maximum atomic E-state index is 8.14. The van der Waals surface area contributed by atoms with Crippen LogP contribution in [0.1, 0.15) is 34.6 Å². The smallest absolute Gasteiger partial charge is 0.0987 e. The fraction of sp³-hybridized carbons (Fsp3) is 0.318. The van der Waals surface area contributed by atoms with Gasteiger partial charge in [-0.3, -0.25) is 0 Å². The molecule has 0 radical (unpaired) electrons. The first-order valence-electron chi connectivity index (χ1n) is 7.84. The van der Waals surface area contributed by atoms with Crippen LogP contribution in [-0.2, 0) is 0 Å². The molecule has 0 aliphatic carbocycles. The SMILES string of the molecule is C#CC.C=C/C(C#N)=C\C.C=CC.CC.CN(C)c1ccccc1. The Balaban J connectivity index is -0.000000119. The first-order chi connectivity index (χ1) is 11.5. The van der Waals surface area contributed by atoms with Crippen molar-refractivity contribution < 1.29 is 0 Å². The lowest BCUT2D eigenvalue weighted by molar-refractivity contribution is 1.13. The van der Waals surface area contributed by atoms with E-state index < -0.39 is 0 Å². The Labute approximate surface area is 150 Å². The fourth-order valence-electron chi connectivity index (χ4n) is 0.954. The lowest BCUT2D eigenvalue weighted by Crippen LogP contribution is -2.07. The zero-order chi connectivity index (χ0) is 19.8. The van der Waals surface area contributed by atoms with Crippen molar-refractivity contribution in [1.29, 1.82) is 5.26 Å². The Hall–Kier alpha value is -2.71. The number of allylic oxidation sites excluding steroid dienone is 4. The predicted molar refractivity (Wildman–Crippen MR) is 112 cm³/mol. The van der Waals surface area contributed by atoms with E-state index in [2.05, 4.69) is 42.5 Å². The van der Waals surface area contributed by atoms with Crippen LogP contribution in [0.2, 0.25) is 0 Å². The molecule has 0 unspecified atom stereocenters. The number of rotatable bonds is 2. The first kappa shape index (κ1) is 29.3. The molecule has 1 rings (SSSR count). The standard InChI is InChI=1S/C8H11N.C6H7N.C3H6.C3H4.C2H6/c1-9(2)8-6-4-3-5-7-8;1-3-6(4-2)5-7;2*1-3-2;1-2/h3-7H,1-2H3;3-4H,1H2,2H3;3H,1H2,2H3;1H,2H3;1-2H3/b;6-4+;;;. The van der Waals surface area contributed by atoms with Gasteiger partial charge in [0.1, 0.15) is 0 Å². The van der Waals surface area contributed by atoms with Crippen molar-refractivity contribution in [2.75, 3.05) is 19.0 Å². The number of hydrogen-bond donors (Lipinski definition) is 0. The largest absolute Gasteiger partial charge is 0.378 e. The molecule has 1 aromatic rings. The van der Waals surface area contributed by atoms with E-state index in [-0.39, 0.29) is 0 Å². The second-order valence-corrected chi connectivity index (χ2v) is 3.99. The summed E-state index contributed by atoms with van der Waals surface area (Å²) in [5.41, 5.74) is 1.87. The molecule has 132 valence electrons. The highest BCUT2D eigenvalue weighted by Gasteiger charge is 1.87. The van der Waals surface area contributed by atoms with Crippen LogP contribution in [0.4, 0.5) is 5.69 Å². The minimum Gasteiger partial charge on any atom is -0.378 e. The van der Waals surface area contributed by atoms with E-state index in [4.69, 9.17) is 5.26 Å². The van der Waals surface area contributed by atoms with E-state index >= 15 is 0 Å². The van der Waals surface area contributed by atoms with Crippen LogP contribution in [0.15, 0.2) is 67.3 Å². The highest BCUT2D eigenvalue weighted by atomic mass is 15.1. The van der Waals surface area contributed by atoms with Crippen molar-refractivity contribution in [3.05, 3.63) is 67.3 Å². The Morgan fingerprint density at radius 1 is 1.12 bits per heavy atom. The quantitative estimate of drug-likeness (QED) is 0.278. The van der Waals surface area contributed by atoms with Gasteiger partial charge in [0.05, 0.1) is 6.07 Å². The maximum absolute atomic E-state index is 8.14. The van der Waals surface area contributed by atoms with Gasteiger partial charge in [0.25, 0.3) is 0 Å². The van der Waals surface area contributed by atoms with E-state index in [9.17, 15) is 0 Å². The van der Waals surface area contributed by atoms with Crippen LogP contribution in [-0.4, -0.2) is 14.1 Å². The molecule has 0 N–H and O–H groups in total. The van der Waals surface area contributed by atoms with Crippen LogP contribution in [0.25, 0.3) is 0 Å². The molecule has 0 aliphatic rings. The van der Waals surface area contributed by atoms with Gasteiger partial charge in [-0.1, -0.05) is 56.9 Å². The predicted octanol–water partition coefficient (Wildman–Crippen LogP) is 6.25. The molecule has 0 saturated carbocycles. The van der Waals surface area contributed by atoms with Crippen molar-refractivity contribution in [2.24, 2.45) is 0 Å². The van der Waals surface area contributed by atoms with Crippen molar-refractivity contribution in [3.8, 4) is 18.4 Å². The summed E-state index contributed by atoms with van der Waals surface area (Å²) in [6.07, 6.45) is 9.59. The van der Waals surface area contributed by atoms with Gasteiger partial charge in [-0.25, -0.2) is 0 Å². The van der Waals surface area contributed by atoms with Crippen molar-refractivity contribution in [1.82, 2.24) is 0 Å². The van der Waals surface area contributed by atoms with Gasteiger partial charge in [0, 0.05) is 25.4 Å². The van der Waals surface area contributed by atoms with Gasteiger partial charge in [-0.15, -0.1) is 18.9 Å². The van der Waals surface area contributed by atoms with Gasteiger partial charge >= 0.3 is 0 Å². The van der Waals surface area contributed by atoms with E-state index in [0.717, 1.165) is 0 Å². The number of benzene rings is 1. The topological polar surface area (TPSA) is 27.0 Å². The summed E-state index contributed by atoms with van der Waals surface area (Å²) in [6.45, 7) is 16.1. The zero-order valence-electron chi connectivity index (χ0n) is 16.5.